The van der Waals surface area contributed by atoms with Crippen LogP contribution in [0.5, 0.6) is 5.75 Å². The van der Waals surface area contributed by atoms with Gasteiger partial charge in [-0.05, 0) is 44.0 Å². The molecule has 0 aliphatic carbocycles. The number of carbonyl (C=O) groups excluding carboxylic acids is 2. The highest BCUT2D eigenvalue weighted by atomic mass is 32.1. The highest BCUT2D eigenvalue weighted by molar-refractivity contribution is 7.14. The summed E-state index contributed by atoms with van der Waals surface area (Å²) in [5, 5.41) is 5.74. The number of carbonyl (C=O) groups is 2. The third kappa shape index (κ3) is 4.42. The van der Waals surface area contributed by atoms with Gasteiger partial charge in [-0.25, -0.2) is 4.79 Å². The average Bonchev–Trinajstić information content (AvgIpc) is 3.30. The fourth-order valence-electron chi connectivity index (χ4n) is 3.25. The zero-order valence-electron chi connectivity index (χ0n) is 15.9. The SMILES string of the molecule is CCNC(=O)c1cc(NC(=O)N2CCC(c3ccc(OC)cc3)C2)c(C)s1. The van der Waals surface area contributed by atoms with Crippen molar-refractivity contribution >= 4 is 29.0 Å². The molecule has 3 amide bonds. The van der Waals surface area contributed by atoms with E-state index in [1.54, 1.807) is 13.2 Å². The Morgan fingerprint density at radius 3 is 2.70 bits per heavy atom. The van der Waals surface area contributed by atoms with Gasteiger partial charge in [0.05, 0.1) is 17.7 Å². The van der Waals surface area contributed by atoms with Gasteiger partial charge in [0.25, 0.3) is 5.91 Å². The smallest absolute Gasteiger partial charge is 0.321 e. The Bertz CT molecular complexity index is 816. The van der Waals surface area contributed by atoms with Gasteiger partial charge < -0.3 is 20.3 Å². The molecule has 1 atom stereocenters. The van der Waals surface area contributed by atoms with E-state index >= 15 is 0 Å². The second kappa shape index (κ2) is 8.43. The molecule has 3 rings (SSSR count). The Hall–Kier alpha value is -2.54. The van der Waals surface area contributed by atoms with E-state index in [1.807, 2.05) is 30.9 Å². The van der Waals surface area contributed by atoms with Crippen LogP contribution >= 0.6 is 11.3 Å². The Labute approximate surface area is 163 Å². The van der Waals surface area contributed by atoms with Gasteiger partial charge in [-0.3, -0.25) is 4.79 Å². The van der Waals surface area contributed by atoms with Gasteiger partial charge in [-0.15, -0.1) is 11.3 Å². The van der Waals surface area contributed by atoms with Crippen molar-refractivity contribution in [1.29, 1.82) is 0 Å². The lowest BCUT2D eigenvalue weighted by molar-refractivity contribution is 0.0960. The van der Waals surface area contributed by atoms with Crippen LogP contribution in [0.4, 0.5) is 10.5 Å². The molecule has 2 aromatic rings. The van der Waals surface area contributed by atoms with Crippen LogP contribution in [0, 0.1) is 6.92 Å². The van der Waals surface area contributed by atoms with Crippen LogP contribution in [0.2, 0.25) is 0 Å². The van der Waals surface area contributed by atoms with Gasteiger partial charge in [0.1, 0.15) is 5.75 Å². The van der Waals surface area contributed by atoms with Gasteiger partial charge in [-0.1, -0.05) is 12.1 Å². The number of ether oxygens (including phenoxy) is 1. The van der Waals surface area contributed by atoms with Crippen molar-refractivity contribution in [3.05, 3.63) is 45.6 Å². The summed E-state index contributed by atoms with van der Waals surface area (Å²) in [5.41, 5.74) is 1.93. The lowest BCUT2D eigenvalue weighted by atomic mass is 9.98. The van der Waals surface area contributed by atoms with Crippen LogP contribution in [0.25, 0.3) is 0 Å². The Morgan fingerprint density at radius 1 is 1.30 bits per heavy atom. The second-order valence-corrected chi connectivity index (χ2v) is 7.83. The summed E-state index contributed by atoms with van der Waals surface area (Å²) in [6.07, 6.45) is 0.937. The number of likely N-dealkylation sites (tertiary alicyclic amines) is 1. The molecule has 1 aromatic carbocycles. The second-order valence-electron chi connectivity index (χ2n) is 6.57. The molecular weight excluding hydrogens is 362 g/mol. The molecule has 144 valence electrons. The van der Waals surface area contributed by atoms with Crippen molar-refractivity contribution in [2.75, 3.05) is 32.1 Å². The Kier molecular flexibility index (Phi) is 6.01. The predicted molar refractivity (Wildman–Crippen MR) is 108 cm³/mol. The molecule has 7 heteroatoms. The number of hydrogen-bond donors (Lipinski definition) is 2. The van der Waals surface area contributed by atoms with Crippen molar-refractivity contribution < 1.29 is 14.3 Å². The quantitative estimate of drug-likeness (QED) is 0.819. The molecule has 1 unspecified atom stereocenters. The Balaban J connectivity index is 1.61. The van der Waals surface area contributed by atoms with Gasteiger partial charge in [0.15, 0.2) is 0 Å². The largest absolute Gasteiger partial charge is 0.497 e. The maximum atomic E-state index is 12.6. The van der Waals surface area contributed by atoms with Crippen molar-refractivity contribution in [2.24, 2.45) is 0 Å². The van der Waals surface area contributed by atoms with Crippen LogP contribution in [-0.2, 0) is 0 Å². The summed E-state index contributed by atoms with van der Waals surface area (Å²) in [5.74, 6) is 1.06. The van der Waals surface area contributed by atoms with Gasteiger partial charge >= 0.3 is 6.03 Å². The molecule has 1 aliphatic heterocycles. The zero-order valence-corrected chi connectivity index (χ0v) is 16.7. The number of nitrogens with zero attached hydrogens (tertiary/aromatic N) is 1. The van der Waals surface area contributed by atoms with E-state index in [0.29, 0.717) is 29.6 Å². The van der Waals surface area contributed by atoms with Crippen molar-refractivity contribution in [2.45, 2.75) is 26.2 Å². The highest BCUT2D eigenvalue weighted by Gasteiger charge is 2.28. The molecule has 1 aromatic heterocycles. The van der Waals surface area contributed by atoms with Crippen molar-refractivity contribution in [3.63, 3.8) is 0 Å². The first kappa shape index (κ1) is 19.2. The topological polar surface area (TPSA) is 70.7 Å². The van der Waals surface area contributed by atoms with E-state index in [9.17, 15) is 9.59 Å². The molecule has 0 saturated carbocycles. The normalized spacial score (nSPS) is 16.3. The maximum Gasteiger partial charge on any atom is 0.321 e. The number of amides is 3. The van der Waals surface area contributed by atoms with Crippen LogP contribution in [-0.4, -0.2) is 43.6 Å². The van der Waals surface area contributed by atoms with E-state index in [2.05, 4.69) is 22.8 Å². The lowest BCUT2D eigenvalue weighted by Gasteiger charge is -2.17. The minimum Gasteiger partial charge on any atom is -0.497 e. The number of nitrogens with one attached hydrogen (secondary N) is 2. The number of methoxy groups -OCH3 is 1. The van der Waals surface area contributed by atoms with Crippen LogP contribution in [0.1, 0.15) is 39.4 Å². The van der Waals surface area contributed by atoms with E-state index in [4.69, 9.17) is 4.74 Å². The number of rotatable bonds is 5. The molecule has 1 fully saturated rings. The van der Waals surface area contributed by atoms with E-state index in [1.165, 1.54) is 16.9 Å². The lowest BCUT2D eigenvalue weighted by Crippen LogP contribution is -2.32. The van der Waals surface area contributed by atoms with Crippen LogP contribution in [0.15, 0.2) is 30.3 Å². The standard InChI is InChI=1S/C20H25N3O3S/c1-4-21-19(24)18-11-17(13(2)27-18)22-20(25)23-10-9-15(12-23)14-5-7-16(26-3)8-6-14/h5-8,11,15H,4,9-10,12H2,1-3H3,(H,21,24)(H,22,25). The minimum absolute atomic E-state index is 0.105. The molecule has 0 radical (unpaired) electrons. The van der Waals surface area contributed by atoms with E-state index in [-0.39, 0.29) is 11.9 Å². The zero-order chi connectivity index (χ0) is 19.4. The molecule has 27 heavy (non-hydrogen) atoms. The fraction of sp³-hybridized carbons (Fsp3) is 0.400. The first-order chi connectivity index (χ1) is 13.0. The summed E-state index contributed by atoms with van der Waals surface area (Å²) in [4.78, 5) is 28.0. The number of thiophene rings is 1. The summed E-state index contributed by atoms with van der Waals surface area (Å²) < 4.78 is 5.20. The number of benzene rings is 1. The first-order valence-electron chi connectivity index (χ1n) is 9.10. The Morgan fingerprint density at radius 2 is 2.04 bits per heavy atom. The summed E-state index contributed by atoms with van der Waals surface area (Å²) in [6.45, 7) is 5.78. The third-order valence-electron chi connectivity index (χ3n) is 4.78. The van der Waals surface area contributed by atoms with E-state index in [0.717, 1.165) is 23.6 Å². The van der Waals surface area contributed by atoms with Crippen LogP contribution < -0.4 is 15.4 Å². The van der Waals surface area contributed by atoms with E-state index < -0.39 is 0 Å². The summed E-state index contributed by atoms with van der Waals surface area (Å²) in [7, 11) is 1.65. The van der Waals surface area contributed by atoms with Crippen molar-refractivity contribution in [1.82, 2.24) is 10.2 Å². The predicted octanol–water partition coefficient (Wildman–Crippen LogP) is 3.84. The average molecular weight is 388 g/mol. The number of anilines is 1. The summed E-state index contributed by atoms with van der Waals surface area (Å²) >= 11 is 1.39. The molecule has 0 bridgehead atoms. The number of urea groups is 1. The van der Waals surface area contributed by atoms with Gasteiger partial charge in [-0.2, -0.15) is 0 Å². The molecule has 1 aliphatic rings. The third-order valence-corrected chi connectivity index (χ3v) is 5.83. The van der Waals surface area contributed by atoms with Gasteiger partial charge in [0, 0.05) is 30.4 Å². The molecule has 1 saturated heterocycles. The van der Waals surface area contributed by atoms with Gasteiger partial charge in [0.2, 0.25) is 0 Å². The monoisotopic (exact) mass is 387 g/mol. The fourth-order valence-corrected chi connectivity index (χ4v) is 4.14. The number of hydrogen-bond acceptors (Lipinski definition) is 4. The molecule has 2 heterocycles. The maximum absolute atomic E-state index is 12.6. The molecule has 0 spiro atoms. The van der Waals surface area contributed by atoms with Crippen LogP contribution in [0.3, 0.4) is 0 Å². The molecule has 2 N–H and O–H groups in total. The number of aryl methyl sites for hydroxylation is 1. The molecular formula is C20H25N3O3S. The minimum atomic E-state index is -0.116. The first-order valence-corrected chi connectivity index (χ1v) is 9.92. The summed E-state index contributed by atoms with van der Waals surface area (Å²) in [6, 6.07) is 9.67. The highest BCUT2D eigenvalue weighted by Crippen LogP contribution is 2.30. The van der Waals surface area contributed by atoms with Crippen molar-refractivity contribution in [3.8, 4) is 5.75 Å². The molecule has 6 nitrogen and oxygen atoms in total.